The minimum Gasteiger partial charge on any atom is -0.465 e. The number of nitrogens with one attached hydrogen (secondary N) is 1. The summed E-state index contributed by atoms with van der Waals surface area (Å²) >= 11 is 1.52. The van der Waals surface area contributed by atoms with Crippen molar-refractivity contribution >= 4 is 22.4 Å². The number of hydrogen-bond acceptors (Lipinski definition) is 6. The predicted molar refractivity (Wildman–Crippen MR) is 119 cm³/mol. The number of hydrogen-bond donors (Lipinski definition) is 1. The molecule has 0 saturated heterocycles. The summed E-state index contributed by atoms with van der Waals surface area (Å²) in [7, 11) is 1.36. The van der Waals surface area contributed by atoms with Gasteiger partial charge in [0.2, 0.25) is 0 Å². The van der Waals surface area contributed by atoms with Gasteiger partial charge in [-0.05, 0) is 36.8 Å². The first kappa shape index (κ1) is 20.7. The van der Waals surface area contributed by atoms with Crippen LogP contribution >= 0.6 is 11.3 Å². The third-order valence-electron chi connectivity index (χ3n) is 4.78. The van der Waals surface area contributed by atoms with E-state index in [1.807, 2.05) is 37.4 Å². The fraction of sp³-hybridized carbons (Fsp3) is 0.174. The summed E-state index contributed by atoms with van der Waals surface area (Å²) in [6, 6.07) is 15.9. The molecular formula is C23H21FN4O2S. The molecular weight excluding hydrogens is 415 g/mol. The molecule has 158 valence electrons. The Balaban J connectivity index is 1.43. The summed E-state index contributed by atoms with van der Waals surface area (Å²) in [6.45, 7) is 2.89. The standard InChI is InChI=1S/C23H21FN4O2S/c1-15-21(20-11-12-28(27-20)14-18-5-3-4-6-19(18)24)31-23(26-15)25-13-16-7-9-17(10-8-16)22(29)30-2/h3-12H,13-14H2,1-2H3,(H,25,26). The van der Waals surface area contributed by atoms with E-state index in [1.165, 1.54) is 24.5 Å². The molecule has 4 rings (SSSR count). The topological polar surface area (TPSA) is 69.0 Å². The van der Waals surface area contributed by atoms with Gasteiger partial charge in [-0.15, -0.1) is 0 Å². The second-order valence-corrected chi connectivity index (χ2v) is 7.96. The molecule has 0 aliphatic heterocycles. The molecule has 0 fully saturated rings. The second-order valence-electron chi connectivity index (χ2n) is 6.97. The van der Waals surface area contributed by atoms with Gasteiger partial charge in [0.1, 0.15) is 11.5 Å². The molecule has 31 heavy (non-hydrogen) atoms. The van der Waals surface area contributed by atoms with Crippen LogP contribution in [-0.4, -0.2) is 27.8 Å². The first-order chi connectivity index (χ1) is 15.0. The number of rotatable bonds is 7. The number of carbonyl (C=O) groups is 1. The van der Waals surface area contributed by atoms with Gasteiger partial charge in [0.25, 0.3) is 0 Å². The van der Waals surface area contributed by atoms with Gasteiger partial charge in [0.15, 0.2) is 5.13 Å². The van der Waals surface area contributed by atoms with Gasteiger partial charge in [0, 0.05) is 18.3 Å². The van der Waals surface area contributed by atoms with Gasteiger partial charge in [-0.2, -0.15) is 5.10 Å². The lowest BCUT2D eigenvalue weighted by Gasteiger charge is -2.04. The molecule has 6 nitrogen and oxygen atoms in total. The molecule has 2 heterocycles. The molecule has 0 saturated carbocycles. The van der Waals surface area contributed by atoms with Crippen LogP contribution in [-0.2, 0) is 17.8 Å². The molecule has 0 aliphatic rings. The number of methoxy groups -OCH3 is 1. The van der Waals surface area contributed by atoms with Crippen molar-refractivity contribution in [1.29, 1.82) is 0 Å². The number of nitrogens with zero attached hydrogens (tertiary/aromatic N) is 3. The number of aryl methyl sites for hydroxylation is 1. The van der Waals surface area contributed by atoms with Crippen LogP contribution in [0.4, 0.5) is 9.52 Å². The van der Waals surface area contributed by atoms with Crippen LogP contribution in [0.2, 0.25) is 0 Å². The van der Waals surface area contributed by atoms with Gasteiger partial charge < -0.3 is 10.1 Å². The SMILES string of the molecule is COC(=O)c1ccc(CNc2nc(C)c(-c3ccn(Cc4ccccc4F)n3)s2)cc1. The molecule has 0 amide bonds. The quantitative estimate of drug-likeness (QED) is 0.417. The Morgan fingerprint density at radius 1 is 1.16 bits per heavy atom. The highest BCUT2D eigenvalue weighted by molar-refractivity contribution is 7.19. The number of halogens is 1. The number of carbonyl (C=O) groups excluding carboxylic acids is 1. The van der Waals surface area contributed by atoms with Crippen molar-refractivity contribution in [3.63, 3.8) is 0 Å². The lowest BCUT2D eigenvalue weighted by Crippen LogP contribution is -2.02. The van der Waals surface area contributed by atoms with Crippen molar-refractivity contribution in [3.05, 3.63) is 89.0 Å². The average Bonchev–Trinajstić information content (AvgIpc) is 3.39. The van der Waals surface area contributed by atoms with E-state index < -0.39 is 0 Å². The molecule has 2 aromatic heterocycles. The van der Waals surface area contributed by atoms with Crippen LogP contribution in [0, 0.1) is 12.7 Å². The molecule has 0 spiro atoms. The van der Waals surface area contributed by atoms with E-state index in [9.17, 15) is 9.18 Å². The van der Waals surface area contributed by atoms with E-state index in [1.54, 1.807) is 28.9 Å². The Hall–Kier alpha value is -3.52. The van der Waals surface area contributed by atoms with Gasteiger partial charge in [0.05, 0.1) is 29.8 Å². The molecule has 0 atom stereocenters. The average molecular weight is 437 g/mol. The number of esters is 1. The highest BCUT2D eigenvalue weighted by Crippen LogP contribution is 2.32. The van der Waals surface area contributed by atoms with Gasteiger partial charge in [-0.3, -0.25) is 4.68 Å². The van der Waals surface area contributed by atoms with Gasteiger partial charge in [-0.25, -0.2) is 14.2 Å². The van der Waals surface area contributed by atoms with Crippen LogP contribution < -0.4 is 5.32 Å². The zero-order valence-corrected chi connectivity index (χ0v) is 17.9. The monoisotopic (exact) mass is 436 g/mol. The van der Waals surface area contributed by atoms with Crippen LogP contribution in [0.5, 0.6) is 0 Å². The van der Waals surface area contributed by atoms with E-state index in [4.69, 9.17) is 4.74 Å². The molecule has 1 N–H and O–H groups in total. The highest BCUT2D eigenvalue weighted by atomic mass is 32.1. The Kier molecular flexibility index (Phi) is 6.08. The Morgan fingerprint density at radius 2 is 1.94 bits per heavy atom. The lowest BCUT2D eigenvalue weighted by molar-refractivity contribution is 0.0600. The normalized spacial score (nSPS) is 10.8. The maximum Gasteiger partial charge on any atom is 0.337 e. The highest BCUT2D eigenvalue weighted by Gasteiger charge is 2.13. The van der Waals surface area contributed by atoms with E-state index in [0.717, 1.165) is 27.0 Å². The van der Waals surface area contributed by atoms with E-state index in [-0.39, 0.29) is 11.8 Å². The van der Waals surface area contributed by atoms with Crippen LogP contribution in [0.15, 0.2) is 60.8 Å². The molecule has 8 heteroatoms. The van der Waals surface area contributed by atoms with Crippen LogP contribution in [0.3, 0.4) is 0 Å². The van der Waals surface area contributed by atoms with Gasteiger partial charge >= 0.3 is 5.97 Å². The smallest absolute Gasteiger partial charge is 0.337 e. The largest absolute Gasteiger partial charge is 0.465 e. The summed E-state index contributed by atoms with van der Waals surface area (Å²) in [5, 5.41) is 8.69. The zero-order valence-electron chi connectivity index (χ0n) is 17.1. The molecule has 4 aromatic rings. The molecule has 0 unspecified atom stereocenters. The van der Waals surface area contributed by atoms with E-state index in [2.05, 4.69) is 15.4 Å². The minimum absolute atomic E-state index is 0.236. The Labute approximate surface area is 183 Å². The number of ether oxygens (including phenoxy) is 1. The number of aromatic nitrogens is 3. The summed E-state index contributed by atoms with van der Waals surface area (Å²) in [5.74, 6) is -0.589. The summed E-state index contributed by atoms with van der Waals surface area (Å²) in [6.07, 6.45) is 1.84. The number of benzene rings is 2. The maximum absolute atomic E-state index is 13.9. The van der Waals surface area contributed by atoms with Crippen molar-refractivity contribution in [2.75, 3.05) is 12.4 Å². The number of anilines is 1. The molecule has 2 aromatic carbocycles. The first-order valence-electron chi connectivity index (χ1n) is 9.69. The van der Waals surface area contributed by atoms with E-state index in [0.29, 0.717) is 24.2 Å². The summed E-state index contributed by atoms with van der Waals surface area (Å²) in [5.41, 5.74) is 3.83. The van der Waals surface area contributed by atoms with Crippen LogP contribution in [0.25, 0.3) is 10.6 Å². The van der Waals surface area contributed by atoms with Crippen molar-refractivity contribution in [1.82, 2.24) is 14.8 Å². The Bertz CT molecular complexity index is 1200. The molecule has 0 aliphatic carbocycles. The third-order valence-corrected chi connectivity index (χ3v) is 5.92. The molecule has 0 bridgehead atoms. The van der Waals surface area contributed by atoms with Crippen LogP contribution in [0.1, 0.15) is 27.2 Å². The molecule has 0 radical (unpaired) electrons. The van der Waals surface area contributed by atoms with Gasteiger partial charge in [-0.1, -0.05) is 41.7 Å². The van der Waals surface area contributed by atoms with Crippen molar-refractivity contribution in [2.24, 2.45) is 0 Å². The minimum atomic E-state index is -0.353. The summed E-state index contributed by atoms with van der Waals surface area (Å²) in [4.78, 5) is 17.1. The first-order valence-corrected chi connectivity index (χ1v) is 10.5. The fourth-order valence-corrected chi connectivity index (χ4v) is 4.06. The second kappa shape index (κ2) is 9.09. The summed E-state index contributed by atoms with van der Waals surface area (Å²) < 4.78 is 20.3. The van der Waals surface area contributed by atoms with Crippen molar-refractivity contribution in [3.8, 4) is 10.6 Å². The van der Waals surface area contributed by atoms with Crippen molar-refractivity contribution < 1.29 is 13.9 Å². The maximum atomic E-state index is 13.9. The fourth-order valence-electron chi connectivity index (χ4n) is 3.14. The Morgan fingerprint density at radius 3 is 2.68 bits per heavy atom. The van der Waals surface area contributed by atoms with Crippen molar-refractivity contribution in [2.45, 2.75) is 20.0 Å². The zero-order chi connectivity index (χ0) is 21.8. The third kappa shape index (κ3) is 4.80. The number of thiazole rings is 1. The van der Waals surface area contributed by atoms with E-state index >= 15 is 0 Å². The predicted octanol–water partition coefficient (Wildman–Crippen LogP) is 4.90. The lowest BCUT2D eigenvalue weighted by atomic mass is 10.1.